The molecule has 1 aliphatic heterocycles. The zero-order valence-corrected chi connectivity index (χ0v) is 15.3. The van der Waals surface area contributed by atoms with E-state index in [4.69, 9.17) is 0 Å². The van der Waals surface area contributed by atoms with E-state index in [1.54, 1.807) is 0 Å². The van der Waals surface area contributed by atoms with Crippen LogP contribution < -0.4 is 5.32 Å². The lowest BCUT2D eigenvalue weighted by atomic mass is 9.86. The van der Waals surface area contributed by atoms with E-state index in [1.165, 1.54) is 32.1 Å². The molecule has 1 saturated carbocycles. The molecule has 1 saturated heterocycles. The molecule has 0 aromatic carbocycles. The Morgan fingerprint density at radius 3 is 2.52 bits per heavy atom. The number of aliphatic hydroxyl groups is 1. The minimum absolute atomic E-state index is 0.0338. The number of hydrogen-bond donors (Lipinski definition) is 2. The molecular weight excluding hydrogens is 288 g/mol. The molecule has 4 heteroatoms. The van der Waals surface area contributed by atoms with Crippen molar-refractivity contribution in [2.45, 2.75) is 77.9 Å². The van der Waals surface area contributed by atoms with Gasteiger partial charge in [0.1, 0.15) is 0 Å². The van der Waals surface area contributed by atoms with Crippen molar-refractivity contribution in [3.05, 3.63) is 0 Å². The highest BCUT2D eigenvalue weighted by Crippen LogP contribution is 2.26. The number of amides is 1. The Hall–Kier alpha value is -0.610. The zero-order valence-electron chi connectivity index (χ0n) is 15.3. The fraction of sp³-hybridized carbons (Fsp3) is 0.947. The van der Waals surface area contributed by atoms with E-state index in [9.17, 15) is 9.90 Å². The van der Waals surface area contributed by atoms with Crippen LogP contribution in [-0.2, 0) is 4.79 Å². The average Bonchev–Trinajstić information content (AvgIpc) is 2.59. The van der Waals surface area contributed by atoms with Gasteiger partial charge in [-0.15, -0.1) is 0 Å². The van der Waals surface area contributed by atoms with Gasteiger partial charge in [0.25, 0.3) is 0 Å². The van der Waals surface area contributed by atoms with Crippen molar-refractivity contribution < 1.29 is 9.90 Å². The van der Waals surface area contributed by atoms with Gasteiger partial charge in [0.2, 0.25) is 5.91 Å². The second-order valence-corrected chi connectivity index (χ2v) is 7.98. The van der Waals surface area contributed by atoms with Crippen molar-refractivity contribution in [2.75, 3.05) is 19.6 Å². The molecule has 0 aromatic rings. The van der Waals surface area contributed by atoms with Crippen LogP contribution in [0, 0.1) is 17.8 Å². The summed E-state index contributed by atoms with van der Waals surface area (Å²) < 4.78 is 0. The van der Waals surface area contributed by atoms with Gasteiger partial charge in [0.15, 0.2) is 0 Å². The Bertz CT molecular complexity index is 366. The van der Waals surface area contributed by atoms with E-state index >= 15 is 0 Å². The Kier molecular flexibility index (Phi) is 7.35. The summed E-state index contributed by atoms with van der Waals surface area (Å²) in [6.07, 6.45) is 8.27. The lowest BCUT2D eigenvalue weighted by molar-refractivity contribution is -0.138. The maximum Gasteiger partial charge on any atom is 0.225 e. The van der Waals surface area contributed by atoms with Gasteiger partial charge in [-0.3, -0.25) is 4.79 Å². The number of aliphatic hydroxyl groups excluding tert-OH is 1. The van der Waals surface area contributed by atoms with Crippen LogP contribution >= 0.6 is 0 Å². The van der Waals surface area contributed by atoms with Crippen molar-refractivity contribution in [2.24, 2.45) is 17.8 Å². The average molecular weight is 325 g/mol. The SMILES string of the molecule is CCC(O)C1CC(NCC2CCCCC2)CN(C(=O)C(C)C)C1. The van der Waals surface area contributed by atoms with Crippen LogP contribution in [0.3, 0.4) is 0 Å². The molecule has 3 atom stereocenters. The van der Waals surface area contributed by atoms with Crippen molar-refractivity contribution in [3.8, 4) is 0 Å². The Labute approximate surface area is 142 Å². The van der Waals surface area contributed by atoms with Crippen LogP contribution in [-0.4, -0.2) is 47.7 Å². The highest BCUT2D eigenvalue weighted by atomic mass is 16.3. The summed E-state index contributed by atoms with van der Waals surface area (Å²) in [4.78, 5) is 14.4. The third-order valence-corrected chi connectivity index (χ3v) is 5.67. The molecule has 1 amide bonds. The largest absolute Gasteiger partial charge is 0.393 e. The number of carbonyl (C=O) groups is 1. The van der Waals surface area contributed by atoms with E-state index < -0.39 is 0 Å². The van der Waals surface area contributed by atoms with Gasteiger partial charge in [0.05, 0.1) is 6.10 Å². The third kappa shape index (κ3) is 5.46. The van der Waals surface area contributed by atoms with Gasteiger partial charge in [-0.05, 0) is 38.1 Å². The van der Waals surface area contributed by atoms with E-state index in [2.05, 4.69) is 5.32 Å². The van der Waals surface area contributed by atoms with Crippen LogP contribution in [0.15, 0.2) is 0 Å². The van der Waals surface area contributed by atoms with E-state index in [0.29, 0.717) is 12.6 Å². The van der Waals surface area contributed by atoms with Gasteiger partial charge in [-0.1, -0.05) is 40.0 Å². The zero-order chi connectivity index (χ0) is 16.8. The number of hydrogen-bond acceptors (Lipinski definition) is 3. The highest BCUT2D eigenvalue weighted by molar-refractivity contribution is 5.78. The Balaban J connectivity index is 1.92. The van der Waals surface area contributed by atoms with Gasteiger partial charge < -0.3 is 15.3 Å². The van der Waals surface area contributed by atoms with Crippen LogP contribution in [0.2, 0.25) is 0 Å². The summed E-state index contributed by atoms with van der Waals surface area (Å²) in [5.74, 6) is 1.27. The summed E-state index contributed by atoms with van der Waals surface area (Å²) >= 11 is 0. The summed E-state index contributed by atoms with van der Waals surface area (Å²) in [7, 11) is 0. The number of piperidine rings is 1. The Morgan fingerprint density at radius 2 is 1.91 bits per heavy atom. The third-order valence-electron chi connectivity index (χ3n) is 5.67. The molecule has 2 fully saturated rings. The van der Waals surface area contributed by atoms with Gasteiger partial charge >= 0.3 is 0 Å². The van der Waals surface area contributed by atoms with E-state index in [1.807, 2.05) is 25.7 Å². The van der Waals surface area contributed by atoms with E-state index in [0.717, 1.165) is 31.8 Å². The molecular formula is C19H36N2O2. The minimum atomic E-state index is -0.295. The number of likely N-dealkylation sites (tertiary alicyclic amines) is 1. The number of nitrogens with one attached hydrogen (secondary N) is 1. The maximum absolute atomic E-state index is 12.4. The van der Waals surface area contributed by atoms with Gasteiger partial charge in [-0.25, -0.2) is 0 Å². The van der Waals surface area contributed by atoms with Crippen molar-refractivity contribution in [3.63, 3.8) is 0 Å². The molecule has 1 heterocycles. The van der Waals surface area contributed by atoms with Gasteiger partial charge in [0, 0.05) is 31.0 Å². The topological polar surface area (TPSA) is 52.6 Å². The molecule has 134 valence electrons. The van der Waals surface area contributed by atoms with Crippen LogP contribution in [0.1, 0.15) is 65.7 Å². The Morgan fingerprint density at radius 1 is 1.22 bits per heavy atom. The molecule has 23 heavy (non-hydrogen) atoms. The number of nitrogens with zero attached hydrogens (tertiary/aromatic N) is 1. The molecule has 1 aliphatic carbocycles. The van der Waals surface area contributed by atoms with Gasteiger partial charge in [-0.2, -0.15) is 0 Å². The monoisotopic (exact) mass is 324 g/mol. The fourth-order valence-electron chi connectivity index (χ4n) is 4.17. The van der Waals surface area contributed by atoms with Crippen LogP contribution in [0.25, 0.3) is 0 Å². The normalized spacial score (nSPS) is 28.1. The lowest BCUT2D eigenvalue weighted by Gasteiger charge is -2.41. The van der Waals surface area contributed by atoms with Crippen molar-refractivity contribution >= 4 is 5.91 Å². The number of carbonyl (C=O) groups excluding carboxylic acids is 1. The predicted molar refractivity (Wildman–Crippen MR) is 94.2 cm³/mol. The predicted octanol–water partition coefficient (Wildman–Crippen LogP) is 2.80. The minimum Gasteiger partial charge on any atom is -0.393 e. The molecule has 2 N–H and O–H groups in total. The lowest BCUT2D eigenvalue weighted by Crippen LogP contribution is -2.54. The summed E-state index contributed by atoms with van der Waals surface area (Å²) in [6.45, 7) is 8.55. The second kappa shape index (κ2) is 9.03. The van der Waals surface area contributed by atoms with Crippen LogP contribution in [0.4, 0.5) is 0 Å². The standard InChI is InChI=1S/C19H36N2O2/c1-4-18(22)16-10-17(13-21(12-16)19(23)14(2)3)20-11-15-8-6-5-7-9-15/h14-18,20,22H,4-13H2,1-3H3. The highest BCUT2D eigenvalue weighted by Gasteiger charge is 2.33. The summed E-state index contributed by atoms with van der Waals surface area (Å²) in [6, 6.07) is 0.333. The molecule has 0 radical (unpaired) electrons. The molecule has 2 rings (SSSR count). The first-order valence-corrected chi connectivity index (χ1v) is 9.71. The first kappa shape index (κ1) is 18.7. The fourth-order valence-corrected chi connectivity index (χ4v) is 4.17. The summed E-state index contributed by atoms with van der Waals surface area (Å²) in [5.41, 5.74) is 0. The molecule has 4 nitrogen and oxygen atoms in total. The van der Waals surface area contributed by atoms with Crippen molar-refractivity contribution in [1.29, 1.82) is 0 Å². The van der Waals surface area contributed by atoms with E-state index in [-0.39, 0.29) is 23.8 Å². The maximum atomic E-state index is 12.4. The molecule has 2 aliphatic rings. The molecule has 0 spiro atoms. The molecule has 0 aromatic heterocycles. The number of rotatable bonds is 6. The first-order valence-electron chi connectivity index (χ1n) is 9.71. The quantitative estimate of drug-likeness (QED) is 0.790. The van der Waals surface area contributed by atoms with Crippen LogP contribution in [0.5, 0.6) is 0 Å². The second-order valence-electron chi connectivity index (χ2n) is 7.98. The smallest absolute Gasteiger partial charge is 0.225 e. The van der Waals surface area contributed by atoms with Crippen molar-refractivity contribution in [1.82, 2.24) is 10.2 Å². The first-order chi connectivity index (χ1) is 11.0. The summed E-state index contributed by atoms with van der Waals surface area (Å²) in [5, 5.41) is 14.0. The molecule has 3 unspecified atom stereocenters. The molecule has 0 bridgehead atoms.